The Balaban J connectivity index is 1.67. The van der Waals surface area contributed by atoms with Crippen LogP contribution in [0.25, 0.3) is 0 Å². The lowest BCUT2D eigenvalue weighted by Gasteiger charge is -2.35. The van der Waals surface area contributed by atoms with Crippen LogP contribution in [0.3, 0.4) is 0 Å². The number of benzene rings is 2. The molecule has 6 nitrogen and oxygen atoms in total. The number of methoxy groups -OCH3 is 1. The van der Waals surface area contributed by atoms with Gasteiger partial charge in [0.05, 0.1) is 7.11 Å². The Hall–Kier alpha value is -3.02. The van der Waals surface area contributed by atoms with E-state index in [0.717, 1.165) is 11.1 Å². The Morgan fingerprint density at radius 3 is 2.11 bits per heavy atom. The highest BCUT2D eigenvalue weighted by atomic mass is 16.5. The molecule has 1 aliphatic rings. The van der Waals surface area contributed by atoms with Gasteiger partial charge in [0.15, 0.2) is 0 Å². The Kier molecular flexibility index (Phi) is 5.35. The number of hydrogen-bond acceptors (Lipinski definition) is 4. The van der Waals surface area contributed by atoms with Gasteiger partial charge in [0.1, 0.15) is 5.75 Å². The van der Waals surface area contributed by atoms with Crippen LogP contribution in [0, 0.1) is 13.8 Å². The fourth-order valence-corrected chi connectivity index (χ4v) is 3.29. The number of anilines is 1. The molecule has 3 rings (SSSR count). The number of hydrogen-bond donors (Lipinski definition) is 1. The molecule has 0 bridgehead atoms. The van der Waals surface area contributed by atoms with E-state index in [1.165, 1.54) is 0 Å². The molecule has 0 aliphatic carbocycles. The van der Waals surface area contributed by atoms with Crippen molar-refractivity contribution in [2.75, 3.05) is 39.0 Å². The van der Waals surface area contributed by atoms with Crippen molar-refractivity contribution in [1.82, 2.24) is 9.80 Å². The van der Waals surface area contributed by atoms with E-state index < -0.39 is 0 Å². The Bertz CT molecular complexity index is 871. The third-order valence-corrected chi connectivity index (χ3v) is 5.00. The zero-order valence-electron chi connectivity index (χ0n) is 16.0. The second-order valence-electron chi connectivity index (χ2n) is 6.84. The first-order valence-electron chi connectivity index (χ1n) is 9.00. The van der Waals surface area contributed by atoms with Gasteiger partial charge in [-0.3, -0.25) is 9.59 Å². The van der Waals surface area contributed by atoms with Crippen molar-refractivity contribution in [1.29, 1.82) is 0 Å². The number of nitrogens with zero attached hydrogens (tertiary/aromatic N) is 2. The molecular formula is C21H25N3O3. The summed E-state index contributed by atoms with van der Waals surface area (Å²) in [6.07, 6.45) is 0. The summed E-state index contributed by atoms with van der Waals surface area (Å²) in [6.45, 7) is 5.85. The van der Waals surface area contributed by atoms with E-state index in [1.54, 1.807) is 35.1 Å². The fraction of sp³-hybridized carbons (Fsp3) is 0.333. The van der Waals surface area contributed by atoms with Gasteiger partial charge in [0, 0.05) is 43.0 Å². The van der Waals surface area contributed by atoms with Crippen LogP contribution in [-0.2, 0) is 0 Å². The highest BCUT2D eigenvalue weighted by Gasteiger charge is 2.26. The lowest BCUT2D eigenvalue weighted by atomic mass is 10.1. The number of amides is 2. The number of carbonyl (C=O) groups is 2. The van der Waals surface area contributed by atoms with E-state index >= 15 is 0 Å². The number of aryl methyl sites for hydroxylation is 2. The van der Waals surface area contributed by atoms with Gasteiger partial charge < -0.3 is 20.3 Å². The van der Waals surface area contributed by atoms with Crippen molar-refractivity contribution in [3.05, 3.63) is 58.7 Å². The van der Waals surface area contributed by atoms with Gasteiger partial charge in [-0.25, -0.2) is 0 Å². The first-order chi connectivity index (χ1) is 12.9. The molecule has 1 heterocycles. The molecule has 2 aromatic rings. The Labute approximate surface area is 159 Å². The molecule has 0 atom stereocenters. The molecule has 27 heavy (non-hydrogen) atoms. The molecule has 0 radical (unpaired) electrons. The fourth-order valence-electron chi connectivity index (χ4n) is 3.29. The second-order valence-corrected chi connectivity index (χ2v) is 6.84. The SMILES string of the molecule is COc1cc(C(=O)N2CCN(C(=O)c3cc(N)ccc3C)CC2)ccc1C. The average Bonchev–Trinajstić information content (AvgIpc) is 2.69. The zero-order valence-corrected chi connectivity index (χ0v) is 16.0. The van der Waals surface area contributed by atoms with E-state index in [1.807, 2.05) is 32.0 Å². The van der Waals surface area contributed by atoms with Gasteiger partial charge in [0.25, 0.3) is 11.8 Å². The zero-order chi connectivity index (χ0) is 19.6. The first kappa shape index (κ1) is 18.8. The van der Waals surface area contributed by atoms with Gasteiger partial charge in [-0.1, -0.05) is 12.1 Å². The number of piperazine rings is 1. The first-order valence-corrected chi connectivity index (χ1v) is 9.00. The minimum atomic E-state index is -0.0412. The second kappa shape index (κ2) is 7.70. The number of ether oxygens (including phenoxy) is 1. The maximum atomic E-state index is 12.8. The van der Waals surface area contributed by atoms with E-state index in [0.29, 0.717) is 48.7 Å². The molecule has 142 valence electrons. The van der Waals surface area contributed by atoms with Crippen molar-refractivity contribution >= 4 is 17.5 Å². The van der Waals surface area contributed by atoms with Crippen molar-refractivity contribution < 1.29 is 14.3 Å². The standard InChI is InChI=1S/C21H25N3O3/c1-14-5-7-17(22)13-18(14)21(26)24-10-8-23(9-11-24)20(25)16-6-4-15(2)19(12-16)27-3/h4-7,12-13H,8-11,22H2,1-3H3. The van der Waals surface area contributed by atoms with Gasteiger partial charge in [-0.2, -0.15) is 0 Å². The van der Waals surface area contributed by atoms with Crippen LogP contribution in [0.2, 0.25) is 0 Å². The van der Waals surface area contributed by atoms with E-state index in [9.17, 15) is 9.59 Å². The third kappa shape index (κ3) is 3.89. The molecule has 6 heteroatoms. The van der Waals surface area contributed by atoms with Gasteiger partial charge in [-0.15, -0.1) is 0 Å². The monoisotopic (exact) mass is 367 g/mol. The van der Waals surface area contributed by atoms with Crippen LogP contribution in [0.15, 0.2) is 36.4 Å². The largest absolute Gasteiger partial charge is 0.496 e. The molecule has 1 fully saturated rings. The maximum Gasteiger partial charge on any atom is 0.254 e. The maximum absolute atomic E-state index is 12.8. The highest BCUT2D eigenvalue weighted by Crippen LogP contribution is 2.21. The average molecular weight is 367 g/mol. The van der Waals surface area contributed by atoms with Crippen LogP contribution in [0.1, 0.15) is 31.8 Å². The summed E-state index contributed by atoms with van der Waals surface area (Å²) in [5.74, 6) is 0.622. The summed E-state index contributed by atoms with van der Waals surface area (Å²) >= 11 is 0. The van der Waals surface area contributed by atoms with Gasteiger partial charge in [-0.05, 0) is 49.2 Å². The lowest BCUT2D eigenvalue weighted by Crippen LogP contribution is -2.50. The lowest BCUT2D eigenvalue weighted by molar-refractivity contribution is 0.0535. The Morgan fingerprint density at radius 2 is 1.48 bits per heavy atom. The van der Waals surface area contributed by atoms with Gasteiger partial charge >= 0.3 is 0 Å². The third-order valence-electron chi connectivity index (χ3n) is 5.00. The predicted octanol–water partition coefficient (Wildman–Crippen LogP) is 2.49. The molecular weight excluding hydrogens is 342 g/mol. The molecule has 0 unspecified atom stereocenters. The van der Waals surface area contributed by atoms with Crippen molar-refractivity contribution in [2.45, 2.75) is 13.8 Å². The van der Waals surface area contributed by atoms with Gasteiger partial charge in [0.2, 0.25) is 0 Å². The van der Waals surface area contributed by atoms with Crippen LogP contribution < -0.4 is 10.5 Å². The topological polar surface area (TPSA) is 75.9 Å². The minimum absolute atomic E-state index is 0.0381. The van der Waals surface area contributed by atoms with Crippen molar-refractivity contribution in [2.24, 2.45) is 0 Å². The van der Waals surface area contributed by atoms with Crippen LogP contribution in [-0.4, -0.2) is 54.9 Å². The number of nitrogen functional groups attached to an aromatic ring is 1. The highest BCUT2D eigenvalue weighted by molar-refractivity contribution is 5.97. The van der Waals surface area contributed by atoms with E-state index in [4.69, 9.17) is 10.5 Å². The Morgan fingerprint density at radius 1 is 0.889 bits per heavy atom. The van der Waals surface area contributed by atoms with Crippen LogP contribution in [0.4, 0.5) is 5.69 Å². The normalized spacial score (nSPS) is 14.2. The summed E-state index contributed by atoms with van der Waals surface area (Å²) in [5.41, 5.74) is 9.51. The molecule has 1 saturated heterocycles. The van der Waals surface area contributed by atoms with Crippen molar-refractivity contribution in [3.63, 3.8) is 0 Å². The molecule has 0 aromatic heterocycles. The summed E-state index contributed by atoms with van der Waals surface area (Å²) in [4.78, 5) is 29.1. The van der Waals surface area contributed by atoms with Crippen LogP contribution in [0.5, 0.6) is 5.75 Å². The van der Waals surface area contributed by atoms with Crippen LogP contribution >= 0.6 is 0 Å². The molecule has 0 spiro atoms. The number of carbonyl (C=O) groups excluding carboxylic acids is 2. The molecule has 2 aromatic carbocycles. The summed E-state index contributed by atoms with van der Waals surface area (Å²) in [7, 11) is 1.60. The summed E-state index contributed by atoms with van der Waals surface area (Å²) < 4.78 is 5.31. The molecule has 1 aliphatic heterocycles. The minimum Gasteiger partial charge on any atom is -0.496 e. The van der Waals surface area contributed by atoms with Crippen molar-refractivity contribution in [3.8, 4) is 5.75 Å². The smallest absolute Gasteiger partial charge is 0.254 e. The quantitative estimate of drug-likeness (QED) is 0.846. The van der Waals surface area contributed by atoms with E-state index in [-0.39, 0.29) is 11.8 Å². The molecule has 0 saturated carbocycles. The predicted molar refractivity (Wildman–Crippen MR) is 105 cm³/mol. The number of nitrogens with two attached hydrogens (primary N) is 1. The number of rotatable bonds is 3. The molecule has 2 N–H and O–H groups in total. The summed E-state index contributed by atoms with van der Waals surface area (Å²) in [5, 5.41) is 0. The van der Waals surface area contributed by atoms with E-state index in [2.05, 4.69) is 0 Å². The summed E-state index contributed by atoms with van der Waals surface area (Å²) in [6, 6.07) is 10.8. The molecule has 2 amide bonds.